The normalized spacial score (nSPS) is 13.7. The molecule has 0 aromatic heterocycles. The Balaban J connectivity index is 3.96. The summed E-state index contributed by atoms with van der Waals surface area (Å²) < 4.78 is 135. The van der Waals surface area contributed by atoms with Crippen LogP contribution in [0.5, 0.6) is 0 Å². The first kappa shape index (κ1) is 18.0. The maximum absolute atomic E-state index is 13.2. The van der Waals surface area contributed by atoms with Gasteiger partial charge in [0.25, 0.3) is 0 Å². The number of alkyl halides is 7. The second-order valence-electron chi connectivity index (χ2n) is 3.60. The van der Waals surface area contributed by atoms with E-state index in [2.05, 4.69) is 0 Å². The van der Waals surface area contributed by atoms with Crippen molar-refractivity contribution in [3.05, 3.63) is 34.6 Å². The molecular weight excluding hydrogens is 397 g/mol. The minimum Gasteiger partial charge on any atom is -0.203 e. The van der Waals surface area contributed by atoms with E-state index in [1.165, 1.54) is 0 Å². The van der Waals surface area contributed by atoms with Crippen LogP contribution in [0.15, 0.2) is 0 Å². The number of benzene rings is 1. The topological polar surface area (TPSA) is 0 Å². The molecule has 0 nitrogen and oxygen atoms in total. The van der Waals surface area contributed by atoms with Crippen molar-refractivity contribution in [2.45, 2.75) is 16.7 Å². The lowest BCUT2D eigenvalue weighted by Crippen LogP contribution is -2.50. The molecule has 0 amide bonds. The van der Waals surface area contributed by atoms with Crippen molar-refractivity contribution in [3.63, 3.8) is 0 Å². The molecule has 21 heavy (non-hydrogen) atoms. The molecule has 0 heterocycles. The molecule has 0 fully saturated rings. The zero-order valence-corrected chi connectivity index (χ0v) is 10.6. The Morgan fingerprint density at radius 3 is 1.00 bits per heavy atom. The van der Waals surface area contributed by atoms with Crippen LogP contribution >= 0.6 is 15.9 Å². The Kier molecular flexibility index (Phi) is 4.27. The van der Waals surface area contributed by atoms with Gasteiger partial charge < -0.3 is 0 Å². The van der Waals surface area contributed by atoms with Gasteiger partial charge in [0.05, 0.1) is 5.56 Å². The number of hydrogen-bond acceptors (Lipinski definition) is 0. The van der Waals surface area contributed by atoms with Crippen molar-refractivity contribution in [1.29, 1.82) is 0 Å². The maximum atomic E-state index is 13.2. The van der Waals surface area contributed by atoms with E-state index in [1.807, 2.05) is 0 Å². The van der Waals surface area contributed by atoms with Gasteiger partial charge >= 0.3 is 12.4 Å². The smallest absolute Gasteiger partial charge is 0.203 e. The van der Waals surface area contributed by atoms with E-state index in [4.69, 9.17) is 0 Å². The summed E-state index contributed by atoms with van der Waals surface area (Å²) in [6.07, 6.45) is -12.9. The molecule has 1 aromatic carbocycles. The van der Waals surface area contributed by atoms with Gasteiger partial charge in [-0.15, -0.1) is 0 Å². The molecule has 0 atom stereocenters. The Morgan fingerprint density at radius 1 is 0.524 bits per heavy atom. The minimum absolute atomic E-state index is 1.04. The van der Waals surface area contributed by atoms with Crippen LogP contribution in [0.3, 0.4) is 0 Å². The second kappa shape index (κ2) is 4.99. The summed E-state index contributed by atoms with van der Waals surface area (Å²) in [5.41, 5.74) is -3.08. The summed E-state index contributed by atoms with van der Waals surface area (Å²) in [5, 5.41) is 0. The van der Waals surface area contributed by atoms with Crippen LogP contribution in [0.1, 0.15) is 5.56 Å². The zero-order chi connectivity index (χ0) is 17.0. The lowest BCUT2D eigenvalue weighted by Gasteiger charge is -2.32. The summed E-state index contributed by atoms with van der Waals surface area (Å²) in [7, 11) is 0. The van der Waals surface area contributed by atoms with Crippen molar-refractivity contribution in [2.24, 2.45) is 0 Å². The van der Waals surface area contributed by atoms with Gasteiger partial charge in [0, 0.05) is 0 Å². The summed E-state index contributed by atoms with van der Waals surface area (Å²) in [6.45, 7) is 0. The Labute approximate surface area is 116 Å². The third-order valence-electron chi connectivity index (χ3n) is 2.34. The van der Waals surface area contributed by atoms with Crippen molar-refractivity contribution >= 4 is 15.9 Å². The second-order valence-corrected chi connectivity index (χ2v) is 4.79. The van der Waals surface area contributed by atoms with E-state index < -0.39 is 51.3 Å². The highest BCUT2D eigenvalue weighted by atomic mass is 79.9. The van der Waals surface area contributed by atoms with E-state index >= 15 is 0 Å². The third kappa shape index (κ3) is 2.46. The highest BCUT2D eigenvalue weighted by Gasteiger charge is 2.73. The Bertz CT molecular complexity index is 528. The molecule has 0 aliphatic heterocycles. The van der Waals surface area contributed by atoms with Crippen molar-refractivity contribution in [2.75, 3.05) is 0 Å². The molecule has 0 unspecified atom stereocenters. The van der Waals surface area contributed by atoms with Gasteiger partial charge in [-0.3, -0.25) is 0 Å². The fourth-order valence-electron chi connectivity index (χ4n) is 1.35. The molecule has 0 radical (unpaired) electrons. The quantitative estimate of drug-likeness (QED) is 0.268. The van der Waals surface area contributed by atoms with Crippen LogP contribution in [0.25, 0.3) is 0 Å². The predicted octanol–water partition coefficient (Wildman–Crippen LogP) is 5.10. The summed E-state index contributed by atoms with van der Waals surface area (Å²) in [6, 6.07) is 0. The minimum atomic E-state index is -6.44. The number of halogens is 12. The molecule has 0 spiro atoms. The lowest BCUT2D eigenvalue weighted by atomic mass is 9.95. The van der Waals surface area contributed by atoms with Gasteiger partial charge in [-0.1, -0.05) is 15.9 Å². The van der Waals surface area contributed by atoms with Crippen LogP contribution in [0.2, 0.25) is 0 Å². The van der Waals surface area contributed by atoms with E-state index in [1.54, 1.807) is 0 Å². The van der Waals surface area contributed by atoms with E-state index in [9.17, 15) is 48.3 Å². The van der Waals surface area contributed by atoms with Gasteiger partial charge in [0.2, 0.25) is 10.1 Å². The SMILES string of the molecule is Fc1c(F)c(F)c(C(Br)(C(F)(F)F)C(F)(F)F)c(F)c1F. The van der Waals surface area contributed by atoms with Crippen molar-refractivity contribution in [3.8, 4) is 0 Å². The van der Waals surface area contributed by atoms with E-state index in [0.717, 1.165) is 15.9 Å². The molecule has 0 N–H and O–H groups in total. The van der Waals surface area contributed by atoms with Crippen LogP contribution in [0, 0.1) is 29.1 Å². The van der Waals surface area contributed by atoms with Crippen molar-refractivity contribution in [1.82, 2.24) is 0 Å². The molecule has 120 valence electrons. The first-order valence-corrected chi connectivity index (χ1v) is 5.31. The first-order valence-electron chi connectivity index (χ1n) is 4.52. The predicted molar refractivity (Wildman–Crippen MR) is 48.9 cm³/mol. The monoisotopic (exact) mass is 396 g/mol. The van der Waals surface area contributed by atoms with Gasteiger partial charge in [0.15, 0.2) is 23.3 Å². The van der Waals surface area contributed by atoms with Crippen LogP contribution in [0.4, 0.5) is 48.3 Å². The average molecular weight is 397 g/mol. The molecule has 0 bridgehead atoms. The third-order valence-corrected chi connectivity index (χ3v) is 3.63. The Morgan fingerprint density at radius 2 is 0.762 bits per heavy atom. The molecule has 1 aromatic rings. The molecule has 1 rings (SSSR count). The fraction of sp³-hybridized carbons (Fsp3) is 0.333. The fourth-order valence-corrected chi connectivity index (χ4v) is 1.70. The van der Waals surface area contributed by atoms with E-state index in [-0.39, 0.29) is 0 Å². The van der Waals surface area contributed by atoms with Crippen LogP contribution in [-0.4, -0.2) is 12.4 Å². The highest BCUT2D eigenvalue weighted by molar-refractivity contribution is 9.09. The van der Waals surface area contributed by atoms with E-state index in [0.29, 0.717) is 0 Å². The number of rotatable bonds is 1. The molecule has 0 aliphatic carbocycles. The molecular formula is C9BrF11. The maximum Gasteiger partial charge on any atom is 0.417 e. The van der Waals surface area contributed by atoms with Crippen LogP contribution < -0.4 is 0 Å². The van der Waals surface area contributed by atoms with Gasteiger partial charge in [0.1, 0.15) is 0 Å². The summed E-state index contributed by atoms with van der Waals surface area (Å²) >= 11 is 1.04. The van der Waals surface area contributed by atoms with Gasteiger partial charge in [-0.2, -0.15) is 26.3 Å². The van der Waals surface area contributed by atoms with Crippen LogP contribution in [-0.2, 0) is 4.32 Å². The molecule has 0 aliphatic rings. The Hall–Kier alpha value is -1.07. The largest absolute Gasteiger partial charge is 0.417 e. The summed E-state index contributed by atoms with van der Waals surface area (Å²) in [4.78, 5) is 0. The standard InChI is InChI=1S/C9BrF11/c10-7(8(16,17)18,9(19,20)21)1-2(11)4(13)6(15)5(14)3(1)12. The molecule has 0 saturated carbocycles. The highest BCUT2D eigenvalue weighted by Crippen LogP contribution is 2.57. The lowest BCUT2D eigenvalue weighted by molar-refractivity contribution is -0.267. The first-order chi connectivity index (χ1) is 9.18. The van der Waals surface area contributed by atoms with Gasteiger partial charge in [-0.25, -0.2) is 22.0 Å². The van der Waals surface area contributed by atoms with Crippen molar-refractivity contribution < 1.29 is 48.3 Å². The molecule has 12 heteroatoms. The number of hydrogen-bond donors (Lipinski definition) is 0. The average Bonchev–Trinajstić information content (AvgIpc) is 2.31. The van der Waals surface area contributed by atoms with Gasteiger partial charge in [-0.05, 0) is 0 Å². The zero-order valence-electron chi connectivity index (χ0n) is 9.04. The summed E-state index contributed by atoms with van der Waals surface area (Å²) in [5.74, 6) is -15.2. The molecule has 0 saturated heterocycles.